The van der Waals surface area contributed by atoms with Crippen LogP contribution in [0.25, 0.3) is 4.85 Å². The molecule has 6 aliphatic rings. The van der Waals surface area contributed by atoms with Crippen molar-refractivity contribution < 1.29 is 32.3 Å². The number of rotatable bonds is 10. The number of anilines is 4. The number of imide groups is 1. The third-order valence-corrected chi connectivity index (χ3v) is 14.8. The largest absolute Gasteiger partial charge is 0.407 e. The van der Waals surface area contributed by atoms with E-state index in [1.165, 1.54) is 6.07 Å². The van der Waals surface area contributed by atoms with Crippen LogP contribution < -0.4 is 25.3 Å². The highest BCUT2D eigenvalue weighted by Gasteiger charge is 2.41. The molecule has 66 heavy (non-hydrogen) atoms. The number of piperazine rings is 1. The number of nitrogens with zero attached hydrogens (tertiary/aromatic N) is 9. The molecular formula is C48H58F3N11O4. The van der Waals surface area contributed by atoms with E-state index in [1.807, 2.05) is 35.4 Å². The number of carbonyl (C=O) groups is 4. The van der Waals surface area contributed by atoms with E-state index in [0.717, 1.165) is 102 Å². The van der Waals surface area contributed by atoms with E-state index < -0.39 is 29.4 Å². The number of alkyl halides is 3. The number of piperidine rings is 4. The normalized spacial score (nSPS) is 23.2. The summed E-state index contributed by atoms with van der Waals surface area (Å²) in [6, 6.07) is 11.3. The predicted octanol–water partition coefficient (Wildman–Crippen LogP) is 5.80. The Morgan fingerprint density at radius 2 is 1.52 bits per heavy atom. The second-order valence-corrected chi connectivity index (χ2v) is 19.0. The number of halogens is 3. The molecule has 6 aliphatic heterocycles. The van der Waals surface area contributed by atoms with Crippen molar-refractivity contribution in [3.05, 3.63) is 76.9 Å². The number of carbonyl (C=O) groups excluding carboxylic acids is 4. The lowest BCUT2D eigenvalue weighted by Gasteiger charge is -2.44. The van der Waals surface area contributed by atoms with E-state index in [1.54, 1.807) is 11.0 Å². The van der Waals surface area contributed by atoms with Gasteiger partial charge in [-0.2, -0.15) is 13.2 Å². The molecule has 2 atom stereocenters. The van der Waals surface area contributed by atoms with Crippen LogP contribution in [-0.2, 0) is 27.1 Å². The van der Waals surface area contributed by atoms with Crippen molar-refractivity contribution >= 4 is 52.3 Å². The number of aromatic nitrogens is 2. The van der Waals surface area contributed by atoms with Gasteiger partial charge in [0.25, 0.3) is 5.91 Å². The van der Waals surface area contributed by atoms with Gasteiger partial charge in [0.1, 0.15) is 17.7 Å². The van der Waals surface area contributed by atoms with Gasteiger partial charge in [-0.05, 0) is 100 Å². The number of hydrogen-bond acceptors (Lipinski definition) is 11. The molecule has 2 N–H and O–H groups in total. The Labute approximate surface area is 383 Å². The molecule has 0 saturated carbocycles. The maximum Gasteiger partial charge on any atom is 0.407 e. The SMILES string of the molecule is [C-]#[N+]c1ccc(N2CCC(C(=O)Nc3ccc(N4CCC(CN5CCN(CC6CCN(c7ccc8c(n7)CN(C7CCC(=O)NC7=O)C8=O)CC6)C[C@@H]5C)CC4)cn3)CC2)cc1C(F)(F)F. The minimum absolute atomic E-state index is 0.138. The van der Waals surface area contributed by atoms with Gasteiger partial charge in [-0.15, -0.1) is 0 Å². The average Bonchev–Trinajstić information content (AvgIpc) is 3.64. The Bertz CT molecular complexity index is 2330. The van der Waals surface area contributed by atoms with E-state index in [-0.39, 0.29) is 36.6 Å². The summed E-state index contributed by atoms with van der Waals surface area (Å²) in [4.78, 5) is 76.2. The molecule has 9 rings (SSSR count). The third-order valence-electron chi connectivity index (χ3n) is 14.8. The van der Waals surface area contributed by atoms with E-state index in [0.29, 0.717) is 73.0 Å². The van der Waals surface area contributed by atoms with Gasteiger partial charge >= 0.3 is 6.18 Å². The lowest BCUT2D eigenvalue weighted by Crippen LogP contribution is -2.54. The lowest BCUT2D eigenvalue weighted by atomic mass is 9.94. The molecule has 15 nitrogen and oxygen atoms in total. The average molecular weight is 910 g/mol. The maximum atomic E-state index is 13.5. The zero-order valence-electron chi connectivity index (χ0n) is 37.4. The highest BCUT2D eigenvalue weighted by molar-refractivity contribution is 6.05. The number of fused-ring (bicyclic) bond motifs is 1. The first kappa shape index (κ1) is 45.4. The van der Waals surface area contributed by atoms with Crippen LogP contribution in [0.4, 0.5) is 41.9 Å². The first-order valence-electron chi connectivity index (χ1n) is 23.5. The first-order valence-corrected chi connectivity index (χ1v) is 23.5. The summed E-state index contributed by atoms with van der Waals surface area (Å²) >= 11 is 0. The van der Waals surface area contributed by atoms with Crippen molar-refractivity contribution in [3.8, 4) is 0 Å². The molecular weight excluding hydrogens is 852 g/mol. The van der Waals surface area contributed by atoms with E-state index in [2.05, 4.69) is 47.0 Å². The molecule has 18 heteroatoms. The van der Waals surface area contributed by atoms with Crippen LogP contribution in [-0.4, -0.2) is 132 Å². The molecule has 350 valence electrons. The molecule has 4 amide bonds. The van der Waals surface area contributed by atoms with Crippen LogP contribution in [0, 0.1) is 24.3 Å². The van der Waals surface area contributed by atoms with Crippen molar-refractivity contribution in [3.63, 3.8) is 0 Å². The van der Waals surface area contributed by atoms with Gasteiger partial charge in [-0.25, -0.2) is 14.8 Å². The minimum atomic E-state index is -4.61. The fraction of sp³-hybridized carbons (Fsp3) is 0.562. The Hall–Kier alpha value is -5.80. The molecule has 0 aliphatic carbocycles. The van der Waals surface area contributed by atoms with Crippen LogP contribution in [0.5, 0.6) is 0 Å². The highest BCUT2D eigenvalue weighted by Crippen LogP contribution is 2.40. The van der Waals surface area contributed by atoms with Gasteiger partial charge in [-0.3, -0.25) is 29.4 Å². The monoisotopic (exact) mass is 909 g/mol. The summed E-state index contributed by atoms with van der Waals surface area (Å²) in [5.41, 5.74) is 1.33. The smallest absolute Gasteiger partial charge is 0.372 e. The van der Waals surface area contributed by atoms with Crippen molar-refractivity contribution in [2.24, 2.45) is 17.8 Å². The Kier molecular flexibility index (Phi) is 13.2. The number of hydrogen-bond donors (Lipinski definition) is 2. The molecule has 0 bridgehead atoms. The van der Waals surface area contributed by atoms with Crippen LogP contribution in [0.2, 0.25) is 0 Å². The van der Waals surface area contributed by atoms with Crippen LogP contribution in [0.15, 0.2) is 48.7 Å². The summed E-state index contributed by atoms with van der Waals surface area (Å²) in [6.45, 7) is 19.8. The molecule has 8 heterocycles. The molecule has 3 aromatic rings. The van der Waals surface area contributed by atoms with Gasteiger partial charge in [0, 0.05) is 96.1 Å². The lowest BCUT2D eigenvalue weighted by molar-refractivity contribution is -0.138. The van der Waals surface area contributed by atoms with E-state index >= 15 is 0 Å². The van der Waals surface area contributed by atoms with Crippen LogP contribution >= 0.6 is 0 Å². The number of nitrogens with one attached hydrogen (secondary N) is 2. The fourth-order valence-electron chi connectivity index (χ4n) is 10.8. The topological polar surface area (TPSA) is 142 Å². The first-order chi connectivity index (χ1) is 31.8. The van der Waals surface area contributed by atoms with E-state index in [9.17, 15) is 32.3 Å². The summed E-state index contributed by atoms with van der Waals surface area (Å²) in [7, 11) is 0. The zero-order valence-corrected chi connectivity index (χ0v) is 37.4. The predicted molar refractivity (Wildman–Crippen MR) is 243 cm³/mol. The quantitative estimate of drug-likeness (QED) is 0.188. The van der Waals surface area contributed by atoms with Crippen molar-refractivity contribution in [2.45, 2.75) is 83.1 Å². The molecule has 5 fully saturated rings. The number of pyridine rings is 2. The third kappa shape index (κ3) is 9.97. The Morgan fingerprint density at radius 1 is 0.833 bits per heavy atom. The van der Waals surface area contributed by atoms with E-state index in [4.69, 9.17) is 11.6 Å². The second-order valence-electron chi connectivity index (χ2n) is 19.0. The molecule has 2 aromatic heterocycles. The molecule has 0 radical (unpaired) electrons. The number of benzene rings is 1. The molecule has 1 aromatic carbocycles. The second kappa shape index (κ2) is 19.2. The summed E-state index contributed by atoms with van der Waals surface area (Å²) in [5, 5.41) is 5.30. The summed E-state index contributed by atoms with van der Waals surface area (Å²) < 4.78 is 40.5. The van der Waals surface area contributed by atoms with Gasteiger partial charge in [0.2, 0.25) is 17.7 Å². The molecule has 1 unspecified atom stereocenters. The molecule has 0 spiro atoms. The van der Waals surface area contributed by atoms with Crippen molar-refractivity contribution in [2.75, 3.05) is 92.0 Å². The minimum Gasteiger partial charge on any atom is -0.372 e. The molecule has 5 saturated heterocycles. The number of amides is 4. The summed E-state index contributed by atoms with van der Waals surface area (Å²) in [5.74, 6) is 1.30. The standard InChI is InChI=1S/C48H58F3N11O4/c1-31-27-57(28-32-13-19-60(20-14-32)43-9-5-37-40(54-43)30-62(47(37)66)41-7-10-44(63)56-46(41)65)23-24-61(31)29-33-11-17-59(18-12-33)36-4-8-42(53-26-36)55-45(64)34-15-21-58(22-16-34)35-3-6-39(52-2)38(25-35)48(49,50)51/h3-6,8-9,25-26,31-34,41H,7,10-24,27-30H2,1H3,(H,53,55,64)(H,56,63,65)/t31-,41?/m0/s1. The Balaban J connectivity index is 0.667. The van der Waals surface area contributed by atoms with Gasteiger partial charge in [-0.1, -0.05) is 6.07 Å². The highest BCUT2D eigenvalue weighted by atomic mass is 19.4. The Morgan fingerprint density at radius 3 is 2.18 bits per heavy atom. The fourth-order valence-corrected chi connectivity index (χ4v) is 10.8. The van der Waals surface area contributed by atoms with Crippen LogP contribution in [0.3, 0.4) is 0 Å². The maximum absolute atomic E-state index is 13.5. The zero-order chi connectivity index (χ0) is 46.1. The van der Waals surface area contributed by atoms with Crippen LogP contribution in [0.1, 0.15) is 79.9 Å². The van der Waals surface area contributed by atoms with Crippen molar-refractivity contribution in [1.29, 1.82) is 0 Å². The van der Waals surface area contributed by atoms with Crippen molar-refractivity contribution in [1.82, 2.24) is 30.0 Å². The van der Waals surface area contributed by atoms with Gasteiger partial charge in [0.15, 0.2) is 5.69 Å². The van der Waals surface area contributed by atoms with Gasteiger partial charge < -0.3 is 29.8 Å². The summed E-state index contributed by atoms with van der Waals surface area (Å²) in [6.07, 6.45) is 3.17. The van der Waals surface area contributed by atoms with Gasteiger partial charge in [0.05, 0.1) is 41.8 Å².